The maximum Gasteiger partial charge on any atom is 0.255 e. The largest absolute Gasteiger partial charge is 0.493 e. The Kier molecular flexibility index (Phi) is 14.6. The number of hydrogen-bond acceptors (Lipinski definition) is 6. The van der Waals surface area contributed by atoms with Crippen molar-refractivity contribution in [3.05, 3.63) is 65.7 Å². The van der Waals surface area contributed by atoms with E-state index >= 15 is 0 Å². The second-order valence-electron chi connectivity index (χ2n) is 11.2. The Morgan fingerprint density at radius 2 is 1.63 bits per heavy atom. The van der Waals surface area contributed by atoms with Gasteiger partial charge in [0.25, 0.3) is 5.91 Å². The summed E-state index contributed by atoms with van der Waals surface area (Å²) >= 11 is 0. The molecule has 0 heterocycles. The Hall–Kier alpha value is -2.65. The van der Waals surface area contributed by atoms with E-state index in [1.165, 1.54) is 0 Å². The molecule has 3 rings (SSSR count). The molecule has 0 saturated heterocycles. The van der Waals surface area contributed by atoms with Gasteiger partial charge in [-0.25, -0.2) is 0 Å². The molecule has 3 unspecified atom stereocenters. The van der Waals surface area contributed by atoms with Crippen molar-refractivity contribution in [2.45, 2.75) is 69.9 Å². The third kappa shape index (κ3) is 9.70. The van der Waals surface area contributed by atoms with Crippen LogP contribution in [0.1, 0.15) is 68.3 Å². The SMILES string of the molecule is COCCCCOc1ccccc1C(=O)NCC(CC(N)C(O)CNC(=O)C1(c2ccccc2)CCC1)C(C)C.Cl. The summed E-state index contributed by atoms with van der Waals surface area (Å²) in [5, 5.41) is 16.8. The topological polar surface area (TPSA) is 123 Å². The molecule has 0 spiro atoms. The smallest absolute Gasteiger partial charge is 0.255 e. The predicted octanol–water partition coefficient (Wildman–Crippen LogP) is 4.23. The first kappa shape index (κ1) is 34.6. The van der Waals surface area contributed by atoms with Crippen LogP contribution in [0.2, 0.25) is 0 Å². The standard InChI is InChI=1S/C32H47N3O5.ClH/c1-23(2)24(21-34-30(37)26-14-7-8-15-29(26)40-19-10-9-18-39-3)20-27(33)28(36)22-35-31(38)32(16-11-17-32)25-12-5-4-6-13-25;/h4-8,12-15,23-24,27-28,36H,9-11,16-22,33H2,1-3H3,(H,34,37)(H,35,38);1H. The van der Waals surface area contributed by atoms with Crippen molar-refractivity contribution in [3.63, 3.8) is 0 Å². The number of para-hydroxylation sites is 1. The number of ether oxygens (including phenoxy) is 2. The Morgan fingerprint density at radius 3 is 2.27 bits per heavy atom. The zero-order valence-electron chi connectivity index (χ0n) is 24.6. The summed E-state index contributed by atoms with van der Waals surface area (Å²) in [6, 6.07) is 16.5. The van der Waals surface area contributed by atoms with E-state index in [2.05, 4.69) is 24.5 Å². The average Bonchev–Trinajstić information content (AvgIpc) is 2.93. The number of carbonyl (C=O) groups is 2. The lowest BCUT2D eigenvalue weighted by Crippen LogP contribution is -2.53. The Labute approximate surface area is 251 Å². The van der Waals surface area contributed by atoms with Crippen LogP contribution in [-0.4, -0.2) is 62.5 Å². The maximum absolute atomic E-state index is 13.1. The van der Waals surface area contributed by atoms with Gasteiger partial charge in [-0.1, -0.05) is 62.7 Å². The third-order valence-electron chi connectivity index (χ3n) is 8.11. The lowest BCUT2D eigenvalue weighted by Gasteiger charge is -2.41. The van der Waals surface area contributed by atoms with Crippen molar-refractivity contribution in [1.29, 1.82) is 0 Å². The number of methoxy groups -OCH3 is 1. The van der Waals surface area contributed by atoms with Crippen molar-refractivity contribution in [2.24, 2.45) is 17.6 Å². The van der Waals surface area contributed by atoms with Gasteiger partial charge < -0.3 is 30.9 Å². The number of benzene rings is 2. The van der Waals surface area contributed by atoms with E-state index in [4.69, 9.17) is 15.2 Å². The van der Waals surface area contributed by atoms with Gasteiger partial charge in [-0.3, -0.25) is 9.59 Å². The fourth-order valence-electron chi connectivity index (χ4n) is 5.18. The number of unbranched alkanes of at least 4 members (excludes halogenated alkanes) is 1. The van der Waals surface area contributed by atoms with Crippen LogP contribution in [0.4, 0.5) is 0 Å². The fourth-order valence-corrected chi connectivity index (χ4v) is 5.18. The maximum atomic E-state index is 13.1. The first-order valence-electron chi connectivity index (χ1n) is 14.5. The molecular weight excluding hydrogens is 542 g/mol. The molecule has 2 aromatic rings. The molecule has 3 atom stereocenters. The Morgan fingerprint density at radius 1 is 0.976 bits per heavy atom. The minimum atomic E-state index is -0.888. The highest BCUT2D eigenvalue weighted by molar-refractivity contribution is 5.96. The summed E-state index contributed by atoms with van der Waals surface area (Å²) in [6.45, 7) is 5.87. The molecule has 0 aromatic heterocycles. The van der Waals surface area contributed by atoms with Gasteiger partial charge in [-0.05, 0) is 61.6 Å². The number of nitrogens with one attached hydrogen (secondary N) is 2. The highest BCUT2D eigenvalue weighted by Gasteiger charge is 2.45. The van der Waals surface area contributed by atoms with E-state index in [0.717, 1.165) is 37.7 Å². The zero-order chi connectivity index (χ0) is 29.0. The van der Waals surface area contributed by atoms with Crippen molar-refractivity contribution in [1.82, 2.24) is 10.6 Å². The van der Waals surface area contributed by atoms with Crippen LogP contribution >= 0.6 is 12.4 Å². The Bertz CT molecular complexity index is 1060. The fraction of sp³-hybridized carbons (Fsp3) is 0.562. The van der Waals surface area contributed by atoms with Crippen LogP contribution < -0.4 is 21.1 Å². The van der Waals surface area contributed by atoms with Crippen molar-refractivity contribution >= 4 is 24.2 Å². The molecule has 1 aliphatic rings. The minimum absolute atomic E-state index is 0. The van der Waals surface area contributed by atoms with Crippen LogP contribution in [-0.2, 0) is 14.9 Å². The summed E-state index contributed by atoms with van der Waals surface area (Å²) in [6.07, 6.45) is 3.98. The van der Waals surface area contributed by atoms with E-state index in [1.54, 1.807) is 19.2 Å². The monoisotopic (exact) mass is 589 g/mol. The molecule has 41 heavy (non-hydrogen) atoms. The van der Waals surface area contributed by atoms with Gasteiger partial charge in [0.1, 0.15) is 5.75 Å². The number of rotatable bonds is 17. The molecule has 1 fully saturated rings. The molecule has 1 saturated carbocycles. The van der Waals surface area contributed by atoms with Gasteiger partial charge >= 0.3 is 0 Å². The minimum Gasteiger partial charge on any atom is -0.493 e. The second-order valence-corrected chi connectivity index (χ2v) is 11.2. The lowest BCUT2D eigenvalue weighted by molar-refractivity contribution is -0.130. The number of hydrogen-bond donors (Lipinski definition) is 4. The number of halogens is 1. The molecule has 0 bridgehead atoms. The van der Waals surface area contributed by atoms with Crippen LogP contribution in [0.3, 0.4) is 0 Å². The third-order valence-corrected chi connectivity index (χ3v) is 8.11. The van der Waals surface area contributed by atoms with E-state index in [1.807, 2.05) is 42.5 Å². The van der Waals surface area contributed by atoms with Crippen LogP contribution in [0.5, 0.6) is 5.75 Å². The summed E-state index contributed by atoms with van der Waals surface area (Å²) < 4.78 is 10.9. The first-order chi connectivity index (χ1) is 19.3. The molecule has 0 aliphatic heterocycles. The lowest BCUT2D eigenvalue weighted by atomic mass is 9.64. The van der Waals surface area contributed by atoms with Gasteiger partial charge in [0.2, 0.25) is 5.91 Å². The van der Waals surface area contributed by atoms with Gasteiger partial charge in [0.05, 0.1) is 23.7 Å². The quantitative estimate of drug-likeness (QED) is 0.205. The molecule has 228 valence electrons. The summed E-state index contributed by atoms with van der Waals surface area (Å²) in [5.74, 6) is 0.585. The number of aliphatic hydroxyl groups is 1. The molecule has 5 N–H and O–H groups in total. The number of aliphatic hydroxyl groups excluding tert-OH is 1. The number of nitrogens with two attached hydrogens (primary N) is 1. The Balaban J connectivity index is 0.00000588. The molecule has 2 amide bonds. The molecule has 0 radical (unpaired) electrons. The average molecular weight is 590 g/mol. The van der Waals surface area contributed by atoms with Gasteiger partial charge in [-0.2, -0.15) is 0 Å². The van der Waals surface area contributed by atoms with Crippen LogP contribution in [0.15, 0.2) is 54.6 Å². The van der Waals surface area contributed by atoms with E-state index in [9.17, 15) is 14.7 Å². The van der Waals surface area contributed by atoms with Gasteiger partial charge in [0, 0.05) is 32.8 Å². The first-order valence-corrected chi connectivity index (χ1v) is 14.5. The highest BCUT2D eigenvalue weighted by atomic mass is 35.5. The van der Waals surface area contributed by atoms with Crippen molar-refractivity contribution in [3.8, 4) is 5.75 Å². The summed E-state index contributed by atoms with van der Waals surface area (Å²) in [5.41, 5.74) is 7.40. The highest BCUT2D eigenvalue weighted by Crippen LogP contribution is 2.43. The second kappa shape index (κ2) is 17.3. The molecular formula is C32H48ClN3O5. The zero-order valence-corrected chi connectivity index (χ0v) is 25.5. The molecule has 2 aromatic carbocycles. The molecule has 8 nitrogen and oxygen atoms in total. The molecule has 9 heteroatoms. The van der Waals surface area contributed by atoms with E-state index in [-0.39, 0.29) is 42.6 Å². The predicted molar refractivity (Wildman–Crippen MR) is 165 cm³/mol. The van der Waals surface area contributed by atoms with Gasteiger partial charge in [-0.15, -0.1) is 12.4 Å². The van der Waals surface area contributed by atoms with Crippen molar-refractivity contribution < 1.29 is 24.2 Å². The molecule has 1 aliphatic carbocycles. The normalized spacial score (nSPS) is 16.0. The van der Waals surface area contributed by atoms with E-state index in [0.29, 0.717) is 37.5 Å². The van der Waals surface area contributed by atoms with E-state index < -0.39 is 17.6 Å². The van der Waals surface area contributed by atoms with Gasteiger partial charge in [0.15, 0.2) is 0 Å². The van der Waals surface area contributed by atoms with Crippen LogP contribution in [0, 0.1) is 11.8 Å². The van der Waals surface area contributed by atoms with Crippen LogP contribution in [0.25, 0.3) is 0 Å². The number of carbonyl (C=O) groups excluding carboxylic acids is 2. The summed E-state index contributed by atoms with van der Waals surface area (Å²) in [7, 11) is 1.67. The number of amides is 2. The summed E-state index contributed by atoms with van der Waals surface area (Å²) in [4.78, 5) is 26.2. The van der Waals surface area contributed by atoms with Crippen molar-refractivity contribution in [2.75, 3.05) is 33.4 Å².